The average molecular weight is 326 g/mol. The molecule has 0 aromatic heterocycles. The molecule has 0 fully saturated rings. The Labute approximate surface area is 149 Å². The molecule has 0 aliphatic heterocycles. The van der Waals surface area contributed by atoms with Gasteiger partial charge in [0.15, 0.2) is 0 Å². The van der Waals surface area contributed by atoms with E-state index in [9.17, 15) is 0 Å². The van der Waals surface area contributed by atoms with Crippen molar-refractivity contribution in [3.05, 3.63) is 108 Å². The minimum atomic E-state index is 0.392. The Morgan fingerprint density at radius 3 is 2.00 bits per heavy atom. The molecule has 0 saturated heterocycles. The maximum absolute atomic E-state index is 5.32. The highest BCUT2D eigenvalue weighted by molar-refractivity contribution is 5.71. The third-order valence-electron chi connectivity index (χ3n) is 5.13. The van der Waals surface area contributed by atoms with Gasteiger partial charge in [0.1, 0.15) is 5.75 Å². The number of methoxy groups -OCH3 is 1. The summed E-state index contributed by atoms with van der Waals surface area (Å²) in [7, 11) is 1.71. The zero-order valence-electron chi connectivity index (χ0n) is 14.4. The van der Waals surface area contributed by atoms with E-state index in [1.54, 1.807) is 7.11 Å². The molecular weight excluding hydrogens is 304 g/mol. The van der Waals surface area contributed by atoms with Crippen molar-refractivity contribution in [2.75, 3.05) is 7.11 Å². The molecule has 1 nitrogen and oxygen atoms in total. The van der Waals surface area contributed by atoms with Gasteiger partial charge in [0.2, 0.25) is 0 Å². The van der Waals surface area contributed by atoms with Gasteiger partial charge in [-0.2, -0.15) is 0 Å². The second-order valence-electron chi connectivity index (χ2n) is 6.58. The summed E-state index contributed by atoms with van der Waals surface area (Å²) in [6.45, 7) is 0. The second-order valence-corrected chi connectivity index (χ2v) is 6.58. The standard InChI is InChI=1S/C24H22O/c1-25-22-14-12-20(13-15-22)24-17-21(18-8-4-2-5-9-18)16-23(24)19-10-6-3-7-11-19/h2-15,17,23-24H,16H2,1H3/t23-,24-/m0/s1. The fourth-order valence-electron chi connectivity index (χ4n) is 3.81. The van der Waals surface area contributed by atoms with E-state index in [4.69, 9.17) is 4.74 Å². The van der Waals surface area contributed by atoms with E-state index in [2.05, 4.69) is 91.0 Å². The molecule has 124 valence electrons. The van der Waals surface area contributed by atoms with Crippen molar-refractivity contribution in [1.29, 1.82) is 0 Å². The lowest BCUT2D eigenvalue weighted by atomic mass is 9.83. The van der Waals surface area contributed by atoms with Crippen molar-refractivity contribution < 1.29 is 4.74 Å². The SMILES string of the molecule is COc1ccc([C@@H]2C=C(c3ccccc3)C[C@H]2c2ccccc2)cc1. The Hall–Kier alpha value is -2.80. The van der Waals surface area contributed by atoms with Crippen LogP contribution in [0.4, 0.5) is 0 Å². The largest absolute Gasteiger partial charge is 0.497 e. The molecule has 2 atom stereocenters. The minimum absolute atomic E-state index is 0.392. The van der Waals surface area contributed by atoms with Gasteiger partial charge >= 0.3 is 0 Å². The summed E-state index contributed by atoms with van der Waals surface area (Å²) in [5.41, 5.74) is 5.53. The lowest BCUT2D eigenvalue weighted by Crippen LogP contribution is -2.05. The highest BCUT2D eigenvalue weighted by Crippen LogP contribution is 2.47. The Bertz CT molecular complexity index is 848. The monoisotopic (exact) mass is 326 g/mol. The van der Waals surface area contributed by atoms with Gasteiger partial charge in [-0.15, -0.1) is 0 Å². The average Bonchev–Trinajstić information content (AvgIpc) is 3.15. The summed E-state index contributed by atoms with van der Waals surface area (Å²) < 4.78 is 5.32. The van der Waals surface area contributed by atoms with E-state index in [1.807, 2.05) is 0 Å². The highest BCUT2D eigenvalue weighted by Gasteiger charge is 2.30. The highest BCUT2D eigenvalue weighted by atomic mass is 16.5. The number of allylic oxidation sites excluding steroid dienone is 2. The number of hydrogen-bond donors (Lipinski definition) is 0. The fraction of sp³-hybridized carbons (Fsp3) is 0.167. The first-order valence-electron chi connectivity index (χ1n) is 8.80. The molecule has 0 amide bonds. The number of rotatable bonds is 4. The molecule has 0 bridgehead atoms. The molecule has 0 saturated carbocycles. The molecule has 0 radical (unpaired) electrons. The first-order chi connectivity index (χ1) is 12.3. The van der Waals surface area contributed by atoms with Crippen LogP contribution in [0.1, 0.15) is 34.9 Å². The minimum Gasteiger partial charge on any atom is -0.497 e. The van der Waals surface area contributed by atoms with Crippen molar-refractivity contribution in [2.45, 2.75) is 18.3 Å². The normalized spacial score (nSPS) is 19.5. The lowest BCUT2D eigenvalue weighted by molar-refractivity contribution is 0.414. The topological polar surface area (TPSA) is 9.23 Å². The maximum atomic E-state index is 5.32. The van der Waals surface area contributed by atoms with Crippen molar-refractivity contribution in [3.63, 3.8) is 0 Å². The summed E-state index contributed by atoms with van der Waals surface area (Å²) in [5.74, 6) is 1.78. The van der Waals surface area contributed by atoms with Gasteiger partial charge in [0, 0.05) is 5.92 Å². The van der Waals surface area contributed by atoms with Crippen LogP contribution in [-0.2, 0) is 0 Å². The molecule has 1 aliphatic rings. The molecule has 4 rings (SSSR count). The number of hydrogen-bond acceptors (Lipinski definition) is 1. The van der Waals surface area contributed by atoms with Gasteiger partial charge in [-0.1, -0.05) is 78.9 Å². The van der Waals surface area contributed by atoms with Crippen molar-refractivity contribution in [1.82, 2.24) is 0 Å². The summed E-state index contributed by atoms with van der Waals surface area (Å²) in [6.07, 6.45) is 3.53. The molecule has 25 heavy (non-hydrogen) atoms. The van der Waals surface area contributed by atoms with Gasteiger partial charge in [-0.3, -0.25) is 0 Å². The Morgan fingerprint density at radius 2 is 1.36 bits per heavy atom. The van der Waals surface area contributed by atoms with Crippen LogP contribution in [0.3, 0.4) is 0 Å². The van der Waals surface area contributed by atoms with Gasteiger partial charge in [0.25, 0.3) is 0 Å². The van der Waals surface area contributed by atoms with E-state index in [1.165, 1.54) is 22.3 Å². The van der Waals surface area contributed by atoms with E-state index in [0.717, 1.165) is 12.2 Å². The molecule has 1 heteroatoms. The van der Waals surface area contributed by atoms with Crippen LogP contribution in [0.5, 0.6) is 5.75 Å². The fourth-order valence-corrected chi connectivity index (χ4v) is 3.81. The summed E-state index contributed by atoms with van der Waals surface area (Å²) in [5, 5.41) is 0. The predicted octanol–water partition coefficient (Wildman–Crippen LogP) is 6.05. The van der Waals surface area contributed by atoms with E-state index in [-0.39, 0.29) is 0 Å². The third kappa shape index (κ3) is 3.23. The second kappa shape index (κ2) is 6.98. The van der Waals surface area contributed by atoms with Crippen molar-refractivity contribution in [3.8, 4) is 5.75 Å². The van der Waals surface area contributed by atoms with Gasteiger partial charge in [-0.05, 0) is 46.7 Å². The first-order valence-corrected chi connectivity index (χ1v) is 8.80. The number of benzene rings is 3. The first kappa shape index (κ1) is 15.7. The van der Waals surface area contributed by atoms with Crippen LogP contribution < -0.4 is 4.74 Å². The predicted molar refractivity (Wildman–Crippen MR) is 104 cm³/mol. The Kier molecular flexibility index (Phi) is 4.39. The van der Waals surface area contributed by atoms with Crippen molar-refractivity contribution in [2.24, 2.45) is 0 Å². The molecular formula is C24H22O. The number of ether oxygens (including phenoxy) is 1. The summed E-state index contributed by atoms with van der Waals surface area (Å²) >= 11 is 0. The van der Waals surface area contributed by atoms with E-state index < -0.39 is 0 Å². The maximum Gasteiger partial charge on any atom is 0.118 e. The molecule has 3 aromatic carbocycles. The smallest absolute Gasteiger partial charge is 0.118 e. The van der Waals surface area contributed by atoms with E-state index >= 15 is 0 Å². The van der Waals surface area contributed by atoms with Gasteiger partial charge < -0.3 is 4.74 Å². The third-order valence-corrected chi connectivity index (χ3v) is 5.13. The Balaban J connectivity index is 1.73. The molecule has 0 N–H and O–H groups in total. The van der Waals surface area contributed by atoms with E-state index in [0.29, 0.717) is 11.8 Å². The zero-order valence-corrected chi connectivity index (χ0v) is 14.4. The van der Waals surface area contributed by atoms with Crippen LogP contribution in [0.15, 0.2) is 91.0 Å². The Morgan fingerprint density at radius 1 is 0.720 bits per heavy atom. The van der Waals surface area contributed by atoms with Crippen molar-refractivity contribution >= 4 is 5.57 Å². The summed E-state index contributed by atoms with van der Waals surface area (Å²) in [4.78, 5) is 0. The lowest BCUT2D eigenvalue weighted by Gasteiger charge is -2.20. The van der Waals surface area contributed by atoms with Crippen LogP contribution in [0.25, 0.3) is 5.57 Å². The molecule has 0 spiro atoms. The van der Waals surface area contributed by atoms with Gasteiger partial charge in [0.05, 0.1) is 7.11 Å². The van der Waals surface area contributed by atoms with Gasteiger partial charge in [-0.25, -0.2) is 0 Å². The molecule has 3 aromatic rings. The molecule has 0 unspecified atom stereocenters. The summed E-state index contributed by atoms with van der Waals surface area (Å²) in [6, 6.07) is 30.1. The zero-order chi connectivity index (χ0) is 17.1. The van der Waals surface area contributed by atoms with Crippen LogP contribution in [0.2, 0.25) is 0 Å². The van der Waals surface area contributed by atoms with Crippen LogP contribution in [-0.4, -0.2) is 7.11 Å². The van der Waals surface area contributed by atoms with Crippen LogP contribution >= 0.6 is 0 Å². The molecule has 0 heterocycles. The van der Waals surface area contributed by atoms with Crippen LogP contribution in [0, 0.1) is 0 Å². The molecule has 1 aliphatic carbocycles. The quantitative estimate of drug-likeness (QED) is 0.567.